The van der Waals surface area contributed by atoms with Crippen molar-refractivity contribution in [3.8, 4) is 11.5 Å². The summed E-state index contributed by atoms with van der Waals surface area (Å²) in [5, 5.41) is 4.10. The second-order valence-corrected chi connectivity index (χ2v) is 6.65. The van der Waals surface area contributed by atoms with Crippen molar-refractivity contribution in [3.05, 3.63) is 70.0 Å². The van der Waals surface area contributed by atoms with E-state index in [1.54, 1.807) is 0 Å². The maximum Gasteiger partial charge on any atom is 0.169 e. The average Bonchev–Trinajstić information content (AvgIpc) is 3.14. The molecule has 120 valence electrons. The van der Waals surface area contributed by atoms with E-state index < -0.39 is 0 Å². The van der Waals surface area contributed by atoms with Crippen molar-refractivity contribution in [2.24, 2.45) is 0 Å². The summed E-state index contributed by atoms with van der Waals surface area (Å²) in [6.45, 7) is 2.06. The lowest BCUT2D eigenvalue weighted by Gasteiger charge is -2.10. The summed E-state index contributed by atoms with van der Waals surface area (Å²) in [6, 6.07) is 15.5. The zero-order valence-electron chi connectivity index (χ0n) is 12.8. The first-order valence-electron chi connectivity index (χ1n) is 7.38. The molecule has 4 nitrogen and oxygen atoms in total. The summed E-state index contributed by atoms with van der Waals surface area (Å²) >= 11 is 9.52. The van der Waals surface area contributed by atoms with Crippen molar-refractivity contribution in [3.63, 3.8) is 0 Å². The van der Waals surface area contributed by atoms with Gasteiger partial charge in [0.15, 0.2) is 10.4 Å². The highest BCUT2D eigenvalue weighted by Crippen LogP contribution is 2.34. The van der Waals surface area contributed by atoms with Crippen molar-refractivity contribution in [1.82, 2.24) is 9.38 Å². The Hall–Kier alpha value is -2.24. The Morgan fingerprint density at radius 3 is 2.71 bits per heavy atom. The van der Waals surface area contributed by atoms with Crippen LogP contribution < -0.4 is 5.32 Å². The molecular formula is C18H13BrClN3O. The number of nitrogens with zero attached hydrogens (tertiary/aromatic N) is 2. The van der Waals surface area contributed by atoms with Crippen LogP contribution in [0.25, 0.3) is 17.1 Å². The molecule has 0 aliphatic carbocycles. The molecule has 1 aromatic carbocycles. The van der Waals surface area contributed by atoms with Gasteiger partial charge in [-0.1, -0.05) is 29.8 Å². The minimum absolute atomic E-state index is 0.639. The molecule has 0 radical (unpaired) electrons. The zero-order valence-corrected chi connectivity index (χ0v) is 15.1. The molecular weight excluding hydrogens is 390 g/mol. The van der Waals surface area contributed by atoms with Gasteiger partial charge >= 0.3 is 0 Å². The molecule has 0 bridgehead atoms. The van der Waals surface area contributed by atoms with Gasteiger partial charge in [0, 0.05) is 11.9 Å². The minimum Gasteiger partial charge on any atom is -0.448 e. The summed E-state index contributed by atoms with van der Waals surface area (Å²) in [6.07, 6.45) is 1.84. The van der Waals surface area contributed by atoms with Gasteiger partial charge in [-0.25, -0.2) is 4.98 Å². The first-order chi connectivity index (χ1) is 11.6. The fraction of sp³-hybridized carbons (Fsp3) is 0.0556. The summed E-state index contributed by atoms with van der Waals surface area (Å²) in [4.78, 5) is 4.69. The van der Waals surface area contributed by atoms with Crippen molar-refractivity contribution in [2.75, 3.05) is 5.32 Å². The van der Waals surface area contributed by atoms with Gasteiger partial charge in [-0.15, -0.1) is 0 Å². The maximum absolute atomic E-state index is 6.18. The van der Waals surface area contributed by atoms with Gasteiger partial charge in [0.2, 0.25) is 0 Å². The highest BCUT2D eigenvalue weighted by Gasteiger charge is 2.18. The fourth-order valence-corrected chi connectivity index (χ4v) is 3.06. The third-order valence-electron chi connectivity index (χ3n) is 3.79. The number of halogens is 2. The van der Waals surface area contributed by atoms with Gasteiger partial charge in [0.1, 0.15) is 17.2 Å². The number of furan rings is 1. The lowest BCUT2D eigenvalue weighted by atomic mass is 10.2. The van der Waals surface area contributed by atoms with Crippen molar-refractivity contribution >= 4 is 44.7 Å². The highest BCUT2D eigenvalue weighted by atomic mass is 79.9. The standard InChI is InChI=1S/C18H13BrClN3O/c1-11-4-2-3-5-13(11)21-18-17(14-7-8-15(19)24-14)22-16-9-6-12(20)10-23(16)18/h2-10,21H,1H3. The second-order valence-electron chi connectivity index (χ2n) is 5.43. The number of benzene rings is 1. The molecule has 0 amide bonds. The predicted octanol–water partition coefficient (Wildman–Crippen LogP) is 6.06. The van der Waals surface area contributed by atoms with Crippen LogP contribution in [0.15, 0.2) is 63.8 Å². The topological polar surface area (TPSA) is 42.5 Å². The van der Waals surface area contributed by atoms with E-state index in [4.69, 9.17) is 21.0 Å². The number of aryl methyl sites for hydroxylation is 1. The van der Waals surface area contributed by atoms with Crippen LogP contribution in [0, 0.1) is 6.92 Å². The largest absolute Gasteiger partial charge is 0.448 e. The average molecular weight is 403 g/mol. The van der Waals surface area contributed by atoms with E-state index in [0.717, 1.165) is 28.4 Å². The molecule has 4 rings (SSSR count). The Balaban J connectivity index is 1.93. The van der Waals surface area contributed by atoms with Crippen molar-refractivity contribution < 1.29 is 4.42 Å². The fourth-order valence-electron chi connectivity index (χ4n) is 2.59. The third kappa shape index (κ3) is 2.70. The summed E-state index contributed by atoms with van der Waals surface area (Å²) in [5.74, 6) is 1.49. The number of pyridine rings is 1. The number of fused-ring (bicyclic) bond motifs is 1. The summed E-state index contributed by atoms with van der Waals surface area (Å²) in [5.41, 5.74) is 3.66. The van der Waals surface area contributed by atoms with E-state index in [1.165, 1.54) is 0 Å². The van der Waals surface area contributed by atoms with Crippen molar-refractivity contribution in [1.29, 1.82) is 0 Å². The van der Waals surface area contributed by atoms with Gasteiger partial charge in [0.05, 0.1) is 5.02 Å². The molecule has 0 saturated carbocycles. The predicted molar refractivity (Wildman–Crippen MR) is 100 cm³/mol. The van der Waals surface area contributed by atoms with E-state index in [0.29, 0.717) is 15.5 Å². The third-order valence-corrected chi connectivity index (χ3v) is 4.44. The van der Waals surface area contributed by atoms with E-state index in [1.807, 2.05) is 53.1 Å². The molecule has 24 heavy (non-hydrogen) atoms. The Morgan fingerprint density at radius 1 is 1.12 bits per heavy atom. The number of para-hydroxylation sites is 1. The molecule has 0 aliphatic rings. The zero-order chi connectivity index (χ0) is 16.7. The van der Waals surface area contributed by atoms with Gasteiger partial charge in [-0.05, 0) is 58.7 Å². The number of rotatable bonds is 3. The normalized spacial score (nSPS) is 11.1. The Morgan fingerprint density at radius 2 is 1.96 bits per heavy atom. The molecule has 0 fully saturated rings. The van der Waals surface area contributed by atoms with Crippen LogP contribution in [-0.4, -0.2) is 9.38 Å². The smallest absolute Gasteiger partial charge is 0.169 e. The van der Waals surface area contributed by atoms with Crippen LogP contribution in [0.3, 0.4) is 0 Å². The maximum atomic E-state index is 6.18. The Bertz CT molecular complexity index is 1040. The molecule has 1 N–H and O–H groups in total. The highest BCUT2D eigenvalue weighted by molar-refractivity contribution is 9.10. The quantitative estimate of drug-likeness (QED) is 0.453. The molecule has 0 unspecified atom stereocenters. The lowest BCUT2D eigenvalue weighted by molar-refractivity contribution is 0.554. The lowest BCUT2D eigenvalue weighted by Crippen LogP contribution is -1.98. The van der Waals surface area contributed by atoms with Gasteiger partial charge in [0.25, 0.3) is 0 Å². The minimum atomic E-state index is 0.639. The van der Waals surface area contributed by atoms with Crippen molar-refractivity contribution in [2.45, 2.75) is 6.92 Å². The molecule has 3 aromatic heterocycles. The second kappa shape index (κ2) is 6.00. The van der Waals surface area contributed by atoms with Gasteiger partial charge < -0.3 is 9.73 Å². The Kier molecular flexibility index (Phi) is 3.82. The number of imidazole rings is 1. The Labute approximate surface area is 152 Å². The molecule has 0 saturated heterocycles. The number of aromatic nitrogens is 2. The summed E-state index contributed by atoms with van der Waals surface area (Å²) < 4.78 is 8.30. The molecule has 6 heteroatoms. The monoisotopic (exact) mass is 401 g/mol. The van der Waals surface area contributed by atoms with E-state index in [-0.39, 0.29) is 0 Å². The first-order valence-corrected chi connectivity index (χ1v) is 8.55. The van der Waals surface area contributed by atoms with Crippen LogP contribution in [0.1, 0.15) is 5.56 Å². The molecule has 0 atom stereocenters. The van der Waals surface area contributed by atoms with E-state index in [9.17, 15) is 0 Å². The van der Waals surface area contributed by atoms with E-state index in [2.05, 4.69) is 34.2 Å². The SMILES string of the molecule is Cc1ccccc1Nc1c(-c2ccc(Br)o2)nc2ccc(Cl)cn12. The van der Waals surface area contributed by atoms with Crippen LogP contribution in [-0.2, 0) is 0 Å². The number of hydrogen-bond acceptors (Lipinski definition) is 3. The number of anilines is 2. The molecule has 4 aromatic rings. The number of nitrogens with one attached hydrogen (secondary N) is 1. The summed E-state index contributed by atoms with van der Waals surface area (Å²) in [7, 11) is 0. The van der Waals surface area contributed by atoms with E-state index >= 15 is 0 Å². The van der Waals surface area contributed by atoms with Gasteiger partial charge in [-0.2, -0.15) is 0 Å². The number of hydrogen-bond donors (Lipinski definition) is 1. The van der Waals surface area contributed by atoms with Crippen LogP contribution in [0.4, 0.5) is 11.5 Å². The van der Waals surface area contributed by atoms with Crippen LogP contribution >= 0.6 is 27.5 Å². The molecule has 0 aliphatic heterocycles. The first kappa shape index (κ1) is 15.3. The van der Waals surface area contributed by atoms with Crippen LogP contribution in [0.5, 0.6) is 0 Å². The molecule has 3 heterocycles. The van der Waals surface area contributed by atoms with Crippen LogP contribution in [0.2, 0.25) is 5.02 Å². The molecule has 0 spiro atoms. The van der Waals surface area contributed by atoms with Gasteiger partial charge in [-0.3, -0.25) is 4.40 Å².